The quantitative estimate of drug-likeness (QED) is 0.541. The number of ketones is 1. The van der Waals surface area contributed by atoms with Crippen molar-refractivity contribution >= 4 is 17.7 Å². The van der Waals surface area contributed by atoms with Gasteiger partial charge < -0.3 is 9.47 Å². The summed E-state index contributed by atoms with van der Waals surface area (Å²) >= 11 is 0. The van der Waals surface area contributed by atoms with E-state index in [0.29, 0.717) is 41.8 Å². The largest absolute Gasteiger partial charge is 0.469 e. The van der Waals surface area contributed by atoms with Crippen molar-refractivity contribution in [2.75, 3.05) is 7.11 Å². The first kappa shape index (κ1) is 23.5. The van der Waals surface area contributed by atoms with Crippen molar-refractivity contribution < 1.29 is 23.9 Å². The molecule has 0 bridgehead atoms. The molecule has 0 amide bonds. The third-order valence-electron chi connectivity index (χ3n) is 10.0. The van der Waals surface area contributed by atoms with Crippen LogP contribution in [-0.2, 0) is 23.9 Å². The number of methoxy groups -OCH3 is 1. The van der Waals surface area contributed by atoms with Gasteiger partial charge in [0, 0.05) is 18.8 Å². The van der Waals surface area contributed by atoms with E-state index in [0.717, 1.165) is 51.4 Å². The number of esters is 2. The zero-order chi connectivity index (χ0) is 23.3. The van der Waals surface area contributed by atoms with Gasteiger partial charge in [0.25, 0.3) is 0 Å². The normalized spacial score (nSPS) is 41.6. The summed E-state index contributed by atoms with van der Waals surface area (Å²) in [6.07, 6.45) is 10.5. The molecule has 0 aromatic heterocycles. The van der Waals surface area contributed by atoms with Crippen molar-refractivity contribution in [2.45, 2.75) is 91.6 Å². The Hall–Kier alpha value is -1.65. The molecule has 0 radical (unpaired) electrons. The van der Waals surface area contributed by atoms with Crippen LogP contribution in [0.15, 0.2) is 11.6 Å². The van der Waals surface area contributed by atoms with Crippen LogP contribution in [0.2, 0.25) is 0 Å². The minimum absolute atomic E-state index is 0.0267. The molecule has 178 valence electrons. The lowest BCUT2D eigenvalue weighted by Gasteiger charge is -2.56. The second-order valence-corrected chi connectivity index (χ2v) is 11.4. The molecule has 5 heteroatoms. The molecule has 0 aromatic carbocycles. The zero-order valence-electron chi connectivity index (χ0n) is 20.4. The fourth-order valence-electron chi connectivity index (χ4n) is 8.21. The Morgan fingerprint density at radius 2 is 1.91 bits per heavy atom. The topological polar surface area (TPSA) is 69.7 Å². The molecule has 3 fully saturated rings. The van der Waals surface area contributed by atoms with E-state index in [9.17, 15) is 14.4 Å². The van der Waals surface area contributed by atoms with Gasteiger partial charge in [-0.15, -0.1) is 0 Å². The molecule has 0 unspecified atom stereocenters. The van der Waals surface area contributed by atoms with Crippen LogP contribution in [0.5, 0.6) is 0 Å². The molecule has 3 saturated carbocycles. The third kappa shape index (κ3) is 3.74. The van der Waals surface area contributed by atoms with Gasteiger partial charge in [-0.3, -0.25) is 14.4 Å². The lowest BCUT2D eigenvalue weighted by molar-refractivity contribution is -0.151. The zero-order valence-corrected chi connectivity index (χ0v) is 20.4. The standard InChI is InChI=1S/C27H40O5/c1-16(6-11-25(30)31-5)21-9-10-22-20-8-7-18-14-19(32-17(2)28)12-13-26(18,3)23(20)15-24(29)27(21,22)4/h15-16,18-22H,6-14H2,1-5H3/t16-,18+,19+,20-,21-,22+,26-,27-/m0/s1. The number of carbonyl (C=O) groups is 3. The molecule has 0 saturated heterocycles. The average molecular weight is 445 g/mol. The summed E-state index contributed by atoms with van der Waals surface area (Å²) in [6.45, 7) is 8.28. The van der Waals surface area contributed by atoms with Gasteiger partial charge in [0.15, 0.2) is 5.78 Å². The number of allylic oxidation sites excluding steroid dienone is 2. The number of fused-ring (bicyclic) bond motifs is 5. The Morgan fingerprint density at radius 3 is 2.59 bits per heavy atom. The second-order valence-electron chi connectivity index (χ2n) is 11.4. The highest BCUT2D eigenvalue weighted by atomic mass is 16.5. The molecule has 0 heterocycles. The van der Waals surface area contributed by atoms with Gasteiger partial charge in [-0.05, 0) is 92.4 Å². The van der Waals surface area contributed by atoms with Crippen molar-refractivity contribution in [3.05, 3.63) is 11.6 Å². The molecule has 0 aliphatic heterocycles. The number of carbonyl (C=O) groups excluding carboxylic acids is 3. The number of rotatable bonds is 5. The van der Waals surface area contributed by atoms with Gasteiger partial charge in [-0.2, -0.15) is 0 Å². The van der Waals surface area contributed by atoms with Gasteiger partial charge in [0.1, 0.15) is 6.10 Å². The minimum Gasteiger partial charge on any atom is -0.469 e. The molecule has 32 heavy (non-hydrogen) atoms. The van der Waals surface area contributed by atoms with Crippen molar-refractivity contribution in [1.29, 1.82) is 0 Å². The van der Waals surface area contributed by atoms with E-state index in [1.54, 1.807) is 0 Å². The van der Waals surface area contributed by atoms with Crippen molar-refractivity contribution in [3.8, 4) is 0 Å². The molecule has 0 spiro atoms. The Morgan fingerprint density at radius 1 is 1.16 bits per heavy atom. The first-order valence-electron chi connectivity index (χ1n) is 12.6. The molecule has 8 atom stereocenters. The number of ether oxygens (including phenoxy) is 2. The van der Waals surface area contributed by atoms with E-state index >= 15 is 0 Å². The first-order chi connectivity index (χ1) is 15.1. The first-order valence-corrected chi connectivity index (χ1v) is 12.6. The van der Waals surface area contributed by atoms with E-state index in [4.69, 9.17) is 9.47 Å². The summed E-state index contributed by atoms with van der Waals surface area (Å²) in [4.78, 5) is 36.9. The molecule has 4 aliphatic carbocycles. The Bertz CT molecular complexity index is 815. The fourth-order valence-corrected chi connectivity index (χ4v) is 8.21. The summed E-state index contributed by atoms with van der Waals surface area (Å²) < 4.78 is 10.4. The molecular formula is C27H40O5. The van der Waals surface area contributed by atoms with E-state index in [-0.39, 0.29) is 28.9 Å². The molecule has 5 nitrogen and oxygen atoms in total. The Kier molecular flexibility index (Phi) is 6.32. The predicted octanol–water partition coefficient (Wildman–Crippen LogP) is 5.27. The summed E-state index contributed by atoms with van der Waals surface area (Å²) in [5, 5.41) is 0. The van der Waals surface area contributed by atoms with Crippen LogP contribution in [0.25, 0.3) is 0 Å². The summed E-state index contributed by atoms with van der Waals surface area (Å²) in [6, 6.07) is 0. The van der Waals surface area contributed by atoms with E-state index < -0.39 is 0 Å². The van der Waals surface area contributed by atoms with Crippen molar-refractivity contribution in [2.24, 2.45) is 40.4 Å². The van der Waals surface area contributed by atoms with Crippen LogP contribution in [0.3, 0.4) is 0 Å². The lowest BCUT2D eigenvalue weighted by Crippen LogP contribution is -2.52. The van der Waals surface area contributed by atoms with E-state index in [1.807, 2.05) is 6.08 Å². The van der Waals surface area contributed by atoms with Crippen LogP contribution in [0, 0.1) is 40.4 Å². The summed E-state index contributed by atoms with van der Waals surface area (Å²) in [7, 11) is 1.44. The smallest absolute Gasteiger partial charge is 0.305 e. The van der Waals surface area contributed by atoms with Gasteiger partial charge in [0.2, 0.25) is 0 Å². The molecule has 4 rings (SSSR count). The van der Waals surface area contributed by atoms with Crippen molar-refractivity contribution in [1.82, 2.24) is 0 Å². The number of hydrogen-bond donors (Lipinski definition) is 0. The van der Waals surface area contributed by atoms with Gasteiger partial charge in [-0.1, -0.05) is 26.3 Å². The van der Waals surface area contributed by atoms with Crippen LogP contribution in [-0.4, -0.2) is 30.9 Å². The summed E-state index contributed by atoms with van der Waals surface area (Å²) in [5.74, 6) is 1.99. The second kappa shape index (κ2) is 8.61. The molecular weight excluding hydrogens is 404 g/mol. The molecule has 0 aromatic rings. The highest BCUT2D eigenvalue weighted by molar-refractivity contribution is 5.97. The minimum atomic E-state index is -0.318. The van der Waals surface area contributed by atoms with Gasteiger partial charge in [0.05, 0.1) is 7.11 Å². The van der Waals surface area contributed by atoms with E-state index in [1.165, 1.54) is 19.6 Å². The van der Waals surface area contributed by atoms with E-state index in [2.05, 4.69) is 20.8 Å². The average Bonchev–Trinajstić information content (AvgIpc) is 3.11. The van der Waals surface area contributed by atoms with Crippen LogP contribution < -0.4 is 0 Å². The fraction of sp³-hybridized carbons (Fsp3) is 0.815. The highest BCUT2D eigenvalue weighted by Crippen LogP contribution is 2.65. The maximum atomic E-state index is 13.8. The number of hydrogen-bond acceptors (Lipinski definition) is 5. The van der Waals surface area contributed by atoms with Crippen molar-refractivity contribution in [3.63, 3.8) is 0 Å². The predicted molar refractivity (Wildman–Crippen MR) is 122 cm³/mol. The molecule has 4 aliphatic rings. The third-order valence-corrected chi connectivity index (χ3v) is 10.0. The Labute approximate surface area is 192 Å². The van der Waals surface area contributed by atoms with Crippen LogP contribution >= 0.6 is 0 Å². The SMILES string of the molecule is COC(=O)CC[C@H](C)[C@@H]1CC[C@@H]2[C@@H]3CC[C@@H]4C[C@H](OC(C)=O)CC[C@]4(C)C3=CC(=O)[C@]21C. The lowest BCUT2D eigenvalue weighted by atomic mass is 9.48. The Balaban J connectivity index is 1.56. The van der Waals surface area contributed by atoms with Crippen LogP contribution in [0.4, 0.5) is 0 Å². The monoisotopic (exact) mass is 444 g/mol. The molecule has 0 N–H and O–H groups in total. The maximum Gasteiger partial charge on any atom is 0.305 e. The van der Waals surface area contributed by atoms with Gasteiger partial charge >= 0.3 is 11.9 Å². The van der Waals surface area contributed by atoms with Gasteiger partial charge in [-0.25, -0.2) is 0 Å². The maximum absolute atomic E-state index is 13.8. The summed E-state index contributed by atoms with van der Waals surface area (Å²) in [5.41, 5.74) is 1.12. The van der Waals surface area contributed by atoms with Crippen LogP contribution in [0.1, 0.15) is 85.5 Å². The highest BCUT2D eigenvalue weighted by Gasteiger charge is 2.61.